The van der Waals surface area contributed by atoms with Gasteiger partial charge in [-0.3, -0.25) is 0 Å². The summed E-state index contributed by atoms with van der Waals surface area (Å²) in [5, 5.41) is 13.4. The molecule has 5 heteroatoms. The van der Waals surface area contributed by atoms with Crippen LogP contribution in [0.2, 0.25) is 0 Å². The van der Waals surface area contributed by atoms with Gasteiger partial charge in [-0.05, 0) is 30.0 Å². The third-order valence-electron chi connectivity index (χ3n) is 2.17. The van der Waals surface area contributed by atoms with Gasteiger partial charge in [-0.2, -0.15) is 5.10 Å². The fourth-order valence-electron chi connectivity index (χ4n) is 1.41. The van der Waals surface area contributed by atoms with Crippen molar-refractivity contribution in [1.29, 1.82) is 0 Å². The summed E-state index contributed by atoms with van der Waals surface area (Å²) in [5.41, 5.74) is 6.82. The number of phenolic OH excluding ortho intramolecular Hbond substituents is 1. The van der Waals surface area contributed by atoms with E-state index in [0.717, 1.165) is 16.3 Å². The third kappa shape index (κ3) is 1.99. The average Bonchev–Trinajstić information content (AvgIpc) is 2.63. The summed E-state index contributed by atoms with van der Waals surface area (Å²) < 4.78 is 1.66. The van der Waals surface area contributed by atoms with Gasteiger partial charge in [0.05, 0.1) is 16.8 Å². The zero-order valence-corrected chi connectivity index (χ0v) is 9.74. The molecule has 0 radical (unpaired) electrons. The van der Waals surface area contributed by atoms with E-state index in [2.05, 4.69) is 12.0 Å². The van der Waals surface area contributed by atoms with Crippen molar-refractivity contribution in [3.8, 4) is 11.4 Å². The van der Waals surface area contributed by atoms with Crippen molar-refractivity contribution in [3.63, 3.8) is 0 Å². The van der Waals surface area contributed by atoms with Gasteiger partial charge >= 0.3 is 0 Å². The van der Waals surface area contributed by atoms with Crippen LogP contribution < -0.4 is 5.73 Å². The summed E-state index contributed by atoms with van der Waals surface area (Å²) in [6.07, 6.45) is 1.76. The first-order valence-electron chi connectivity index (χ1n) is 4.98. The Morgan fingerprint density at radius 3 is 2.69 bits per heavy atom. The summed E-state index contributed by atoms with van der Waals surface area (Å²) in [6.45, 7) is 2.07. The topological polar surface area (TPSA) is 64.1 Å². The van der Waals surface area contributed by atoms with E-state index in [0.29, 0.717) is 5.82 Å². The second-order valence-corrected chi connectivity index (χ2v) is 4.56. The van der Waals surface area contributed by atoms with Gasteiger partial charge in [0, 0.05) is 0 Å². The second-order valence-electron chi connectivity index (χ2n) is 3.26. The summed E-state index contributed by atoms with van der Waals surface area (Å²) in [7, 11) is 0. The van der Waals surface area contributed by atoms with E-state index in [9.17, 15) is 5.11 Å². The molecule has 0 fully saturated rings. The van der Waals surface area contributed by atoms with Gasteiger partial charge in [0.2, 0.25) is 0 Å². The predicted octanol–water partition coefficient (Wildman–Crippen LogP) is 2.27. The zero-order valence-electron chi connectivity index (χ0n) is 8.92. The van der Waals surface area contributed by atoms with Crippen LogP contribution in [0.4, 0.5) is 5.82 Å². The van der Waals surface area contributed by atoms with E-state index < -0.39 is 0 Å². The minimum absolute atomic E-state index is 0.234. The van der Waals surface area contributed by atoms with Gasteiger partial charge in [-0.25, -0.2) is 4.68 Å². The SMILES string of the molecule is CCSc1cnn(-c2ccc(O)cc2)c1N. The van der Waals surface area contributed by atoms with E-state index in [-0.39, 0.29) is 5.75 Å². The lowest BCUT2D eigenvalue weighted by Gasteiger charge is -2.04. The quantitative estimate of drug-likeness (QED) is 0.801. The van der Waals surface area contributed by atoms with Crippen LogP contribution >= 0.6 is 11.8 Å². The Kier molecular flexibility index (Phi) is 3.05. The van der Waals surface area contributed by atoms with Crippen LogP contribution in [0.15, 0.2) is 35.4 Å². The predicted molar refractivity (Wildman–Crippen MR) is 66.0 cm³/mol. The van der Waals surface area contributed by atoms with Crippen molar-refractivity contribution in [2.75, 3.05) is 11.5 Å². The van der Waals surface area contributed by atoms with Crippen LogP contribution in [0.25, 0.3) is 5.69 Å². The van der Waals surface area contributed by atoms with Crippen LogP contribution in [0.5, 0.6) is 5.75 Å². The normalized spacial score (nSPS) is 10.6. The number of benzene rings is 1. The van der Waals surface area contributed by atoms with Crippen LogP contribution in [0.1, 0.15) is 6.92 Å². The van der Waals surface area contributed by atoms with Gasteiger partial charge in [-0.15, -0.1) is 11.8 Å². The summed E-state index contributed by atoms with van der Waals surface area (Å²) >= 11 is 1.66. The van der Waals surface area contributed by atoms with Gasteiger partial charge in [0.25, 0.3) is 0 Å². The molecule has 0 spiro atoms. The molecule has 0 unspecified atom stereocenters. The highest BCUT2D eigenvalue weighted by Gasteiger charge is 2.08. The number of anilines is 1. The monoisotopic (exact) mass is 235 g/mol. The number of nitrogens with zero attached hydrogens (tertiary/aromatic N) is 2. The molecule has 0 bridgehead atoms. The summed E-state index contributed by atoms with van der Waals surface area (Å²) in [5.74, 6) is 1.83. The number of hydrogen-bond acceptors (Lipinski definition) is 4. The number of aromatic nitrogens is 2. The van der Waals surface area contributed by atoms with E-state index >= 15 is 0 Å². The number of hydrogen-bond donors (Lipinski definition) is 2. The first-order valence-corrected chi connectivity index (χ1v) is 5.96. The first kappa shape index (κ1) is 10.9. The molecule has 3 N–H and O–H groups in total. The molecule has 0 aliphatic heterocycles. The fourth-order valence-corrected chi connectivity index (χ4v) is 2.08. The Morgan fingerprint density at radius 2 is 2.06 bits per heavy atom. The van der Waals surface area contributed by atoms with Crippen molar-refractivity contribution in [3.05, 3.63) is 30.5 Å². The Bertz CT molecular complexity index is 478. The lowest BCUT2D eigenvalue weighted by molar-refractivity contribution is 0.475. The smallest absolute Gasteiger partial charge is 0.140 e. The summed E-state index contributed by atoms with van der Waals surface area (Å²) in [6, 6.07) is 6.78. The van der Waals surface area contributed by atoms with Crippen LogP contribution in [0, 0.1) is 0 Å². The number of phenols is 1. The third-order valence-corrected chi connectivity index (χ3v) is 3.08. The van der Waals surface area contributed by atoms with E-state index in [1.165, 1.54) is 0 Å². The van der Waals surface area contributed by atoms with Crippen molar-refractivity contribution in [2.45, 2.75) is 11.8 Å². The molecular formula is C11H13N3OS. The van der Waals surface area contributed by atoms with Crippen molar-refractivity contribution >= 4 is 17.6 Å². The number of nitrogen functional groups attached to an aromatic ring is 1. The van der Waals surface area contributed by atoms with E-state index in [1.54, 1.807) is 46.9 Å². The van der Waals surface area contributed by atoms with Gasteiger partial charge in [-0.1, -0.05) is 6.92 Å². The molecular weight excluding hydrogens is 222 g/mol. The molecule has 1 heterocycles. The lowest BCUT2D eigenvalue weighted by atomic mass is 10.3. The molecule has 0 aliphatic rings. The fraction of sp³-hybridized carbons (Fsp3) is 0.182. The molecule has 0 saturated heterocycles. The molecule has 0 atom stereocenters. The molecule has 0 aliphatic carbocycles. The maximum atomic E-state index is 9.20. The number of thioether (sulfide) groups is 1. The molecule has 2 rings (SSSR count). The molecule has 2 aromatic rings. The maximum Gasteiger partial charge on any atom is 0.140 e. The van der Waals surface area contributed by atoms with Crippen molar-refractivity contribution < 1.29 is 5.11 Å². The van der Waals surface area contributed by atoms with E-state index in [4.69, 9.17) is 5.73 Å². The van der Waals surface area contributed by atoms with Crippen LogP contribution in [0.3, 0.4) is 0 Å². The molecule has 4 nitrogen and oxygen atoms in total. The summed E-state index contributed by atoms with van der Waals surface area (Å²) in [4.78, 5) is 0.982. The number of nitrogens with two attached hydrogens (primary N) is 1. The average molecular weight is 235 g/mol. The number of aromatic hydroxyl groups is 1. The highest BCUT2D eigenvalue weighted by atomic mass is 32.2. The Morgan fingerprint density at radius 1 is 1.38 bits per heavy atom. The minimum atomic E-state index is 0.234. The van der Waals surface area contributed by atoms with Crippen molar-refractivity contribution in [2.24, 2.45) is 0 Å². The van der Waals surface area contributed by atoms with Gasteiger partial charge in [0.1, 0.15) is 11.6 Å². The van der Waals surface area contributed by atoms with Crippen molar-refractivity contribution in [1.82, 2.24) is 9.78 Å². The van der Waals surface area contributed by atoms with Gasteiger partial charge < -0.3 is 10.8 Å². The Labute approximate surface area is 98.1 Å². The maximum absolute atomic E-state index is 9.20. The number of rotatable bonds is 3. The molecule has 1 aromatic carbocycles. The molecule has 16 heavy (non-hydrogen) atoms. The molecule has 0 amide bonds. The Balaban J connectivity index is 2.37. The molecule has 0 saturated carbocycles. The van der Waals surface area contributed by atoms with Gasteiger partial charge in [0.15, 0.2) is 0 Å². The Hall–Kier alpha value is -1.62. The van der Waals surface area contributed by atoms with Crippen LogP contribution in [-0.2, 0) is 0 Å². The minimum Gasteiger partial charge on any atom is -0.508 e. The second kappa shape index (κ2) is 4.49. The highest BCUT2D eigenvalue weighted by Crippen LogP contribution is 2.26. The zero-order chi connectivity index (χ0) is 11.5. The molecule has 1 aromatic heterocycles. The molecule has 84 valence electrons. The largest absolute Gasteiger partial charge is 0.508 e. The first-order chi connectivity index (χ1) is 7.72. The standard InChI is InChI=1S/C11H13N3OS/c1-2-16-10-7-13-14(11(10)12)8-3-5-9(15)6-4-8/h3-7,15H,2,12H2,1H3. The van der Waals surface area contributed by atoms with E-state index in [1.807, 2.05) is 0 Å². The highest BCUT2D eigenvalue weighted by molar-refractivity contribution is 7.99. The lowest BCUT2D eigenvalue weighted by Crippen LogP contribution is -2.01. The van der Waals surface area contributed by atoms with Crippen LogP contribution in [-0.4, -0.2) is 20.6 Å².